The highest BCUT2D eigenvalue weighted by atomic mass is 16.3. The zero-order chi connectivity index (χ0) is 13.8. The maximum Gasteiger partial charge on any atom is 0.128 e. The summed E-state index contributed by atoms with van der Waals surface area (Å²) in [5.74, 6) is 1.64. The van der Waals surface area contributed by atoms with Gasteiger partial charge in [-0.15, -0.1) is 0 Å². The first-order valence-electron chi connectivity index (χ1n) is 7.89. The van der Waals surface area contributed by atoms with Gasteiger partial charge in [0, 0.05) is 32.4 Å². The molecule has 1 aliphatic heterocycles. The summed E-state index contributed by atoms with van der Waals surface area (Å²) in [6.07, 6.45) is 6.42. The number of anilines is 1. The van der Waals surface area contributed by atoms with Gasteiger partial charge in [-0.25, -0.2) is 4.98 Å². The molecule has 0 radical (unpaired) electrons. The first-order chi connectivity index (χ1) is 9.83. The number of rotatable bonds is 4. The van der Waals surface area contributed by atoms with Crippen molar-refractivity contribution in [1.29, 1.82) is 0 Å². The predicted molar refractivity (Wildman–Crippen MR) is 80.9 cm³/mol. The Morgan fingerprint density at radius 1 is 1.15 bits per heavy atom. The van der Waals surface area contributed by atoms with E-state index in [2.05, 4.69) is 26.9 Å². The summed E-state index contributed by atoms with van der Waals surface area (Å²) in [6, 6.07) is 6.10. The van der Waals surface area contributed by atoms with Crippen molar-refractivity contribution >= 4 is 5.82 Å². The van der Waals surface area contributed by atoms with Crippen LogP contribution in [-0.2, 0) is 0 Å². The summed E-state index contributed by atoms with van der Waals surface area (Å²) in [5.41, 5.74) is 0. The number of aliphatic hydroxyl groups excluding tert-OH is 1. The second-order valence-corrected chi connectivity index (χ2v) is 6.06. The molecule has 2 aliphatic rings. The smallest absolute Gasteiger partial charge is 0.128 e. The molecule has 0 aromatic carbocycles. The van der Waals surface area contributed by atoms with Crippen LogP contribution < -0.4 is 4.90 Å². The van der Waals surface area contributed by atoms with Crippen LogP contribution in [0.3, 0.4) is 0 Å². The summed E-state index contributed by atoms with van der Waals surface area (Å²) in [4.78, 5) is 9.31. The van der Waals surface area contributed by atoms with E-state index in [1.807, 2.05) is 12.3 Å². The Hall–Kier alpha value is -1.13. The van der Waals surface area contributed by atoms with Crippen molar-refractivity contribution in [2.75, 3.05) is 37.6 Å². The molecule has 0 bridgehead atoms. The molecule has 1 saturated carbocycles. The van der Waals surface area contributed by atoms with E-state index in [-0.39, 0.29) is 6.10 Å². The van der Waals surface area contributed by atoms with Crippen molar-refractivity contribution in [3.8, 4) is 0 Å². The van der Waals surface area contributed by atoms with E-state index in [4.69, 9.17) is 0 Å². The first kappa shape index (κ1) is 13.8. The number of nitrogens with zero attached hydrogens (tertiary/aromatic N) is 3. The van der Waals surface area contributed by atoms with Gasteiger partial charge in [0.1, 0.15) is 5.82 Å². The standard InChI is InChI=1S/C16H25N3O/c20-15-5-3-4-14(15)7-9-18-10-12-19(13-11-18)16-6-1-2-8-17-16/h1-2,6,8,14-15,20H,3-5,7,9-13H2. The summed E-state index contributed by atoms with van der Waals surface area (Å²) in [7, 11) is 0. The van der Waals surface area contributed by atoms with Crippen LogP contribution >= 0.6 is 0 Å². The van der Waals surface area contributed by atoms with E-state index in [0.29, 0.717) is 5.92 Å². The van der Waals surface area contributed by atoms with E-state index >= 15 is 0 Å². The lowest BCUT2D eigenvalue weighted by molar-refractivity contribution is 0.117. The van der Waals surface area contributed by atoms with Crippen LogP contribution in [0, 0.1) is 5.92 Å². The molecule has 1 aromatic heterocycles. The second kappa shape index (κ2) is 6.55. The predicted octanol–water partition coefficient (Wildman–Crippen LogP) is 1.75. The minimum absolute atomic E-state index is 0.0372. The number of hydrogen-bond donors (Lipinski definition) is 1. The average molecular weight is 275 g/mol. The van der Waals surface area contributed by atoms with Crippen molar-refractivity contribution < 1.29 is 5.11 Å². The van der Waals surface area contributed by atoms with Gasteiger partial charge in [-0.3, -0.25) is 4.90 Å². The lowest BCUT2D eigenvalue weighted by atomic mass is 10.0. The molecule has 1 saturated heterocycles. The molecule has 1 aliphatic carbocycles. The second-order valence-electron chi connectivity index (χ2n) is 6.06. The molecular formula is C16H25N3O. The zero-order valence-corrected chi connectivity index (χ0v) is 12.1. The molecule has 2 heterocycles. The van der Waals surface area contributed by atoms with E-state index in [1.54, 1.807) is 0 Å². The molecule has 2 atom stereocenters. The Balaban J connectivity index is 1.42. The molecule has 20 heavy (non-hydrogen) atoms. The van der Waals surface area contributed by atoms with Gasteiger partial charge >= 0.3 is 0 Å². The normalized spacial score (nSPS) is 27.9. The molecule has 4 heteroatoms. The molecule has 3 rings (SSSR count). The minimum Gasteiger partial charge on any atom is -0.393 e. The summed E-state index contributed by atoms with van der Waals surface area (Å²) in [5, 5.41) is 9.87. The average Bonchev–Trinajstić information content (AvgIpc) is 2.92. The zero-order valence-electron chi connectivity index (χ0n) is 12.1. The SMILES string of the molecule is OC1CCCC1CCN1CCN(c2ccccn2)CC1. The number of pyridine rings is 1. The third kappa shape index (κ3) is 3.30. The van der Waals surface area contributed by atoms with Gasteiger partial charge in [-0.2, -0.15) is 0 Å². The van der Waals surface area contributed by atoms with Crippen LogP contribution in [0.5, 0.6) is 0 Å². The Bertz CT molecular complexity index is 403. The van der Waals surface area contributed by atoms with Crippen molar-refractivity contribution in [2.24, 2.45) is 5.92 Å². The largest absolute Gasteiger partial charge is 0.393 e. The molecule has 1 aromatic rings. The fraction of sp³-hybridized carbons (Fsp3) is 0.688. The maximum atomic E-state index is 9.87. The van der Waals surface area contributed by atoms with E-state index < -0.39 is 0 Å². The van der Waals surface area contributed by atoms with Crippen LogP contribution in [0.25, 0.3) is 0 Å². The van der Waals surface area contributed by atoms with Crippen molar-refractivity contribution in [3.05, 3.63) is 24.4 Å². The summed E-state index contributed by atoms with van der Waals surface area (Å²) >= 11 is 0. The van der Waals surface area contributed by atoms with Crippen LogP contribution in [0.1, 0.15) is 25.7 Å². The lowest BCUT2D eigenvalue weighted by Gasteiger charge is -2.36. The third-order valence-electron chi connectivity index (χ3n) is 4.78. The van der Waals surface area contributed by atoms with Gasteiger partial charge in [-0.05, 0) is 43.9 Å². The topological polar surface area (TPSA) is 39.6 Å². The molecule has 110 valence electrons. The minimum atomic E-state index is -0.0372. The Labute approximate surface area is 121 Å². The number of hydrogen-bond acceptors (Lipinski definition) is 4. The Morgan fingerprint density at radius 3 is 2.65 bits per heavy atom. The third-order valence-corrected chi connectivity index (χ3v) is 4.78. The monoisotopic (exact) mass is 275 g/mol. The molecular weight excluding hydrogens is 250 g/mol. The highest BCUT2D eigenvalue weighted by Crippen LogP contribution is 2.28. The first-order valence-corrected chi connectivity index (χ1v) is 7.89. The molecule has 2 fully saturated rings. The van der Waals surface area contributed by atoms with Gasteiger partial charge < -0.3 is 10.0 Å². The van der Waals surface area contributed by atoms with Crippen molar-refractivity contribution in [1.82, 2.24) is 9.88 Å². The van der Waals surface area contributed by atoms with Gasteiger partial charge in [0.15, 0.2) is 0 Å². The van der Waals surface area contributed by atoms with Crippen LogP contribution in [0.4, 0.5) is 5.82 Å². The molecule has 0 spiro atoms. The number of aromatic nitrogens is 1. The van der Waals surface area contributed by atoms with Gasteiger partial charge in [0.25, 0.3) is 0 Å². The molecule has 0 amide bonds. The highest BCUT2D eigenvalue weighted by molar-refractivity contribution is 5.38. The van der Waals surface area contributed by atoms with Crippen LogP contribution in [0.2, 0.25) is 0 Å². The number of piperazine rings is 1. The lowest BCUT2D eigenvalue weighted by Crippen LogP contribution is -2.47. The molecule has 4 nitrogen and oxygen atoms in total. The van der Waals surface area contributed by atoms with Crippen LogP contribution in [-0.4, -0.2) is 53.8 Å². The van der Waals surface area contributed by atoms with Gasteiger partial charge in [-0.1, -0.05) is 12.5 Å². The van der Waals surface area contributed by atoms with Crippen LogP contribution in [0.15, 0.2) is 24.4 Å². The number of aliphatic hydroxyl groups is 1. The van der Waals surface area contributed by atoms with Crippen molar-refractivity contribution in [2.45, 2.75) is 31.8 Å². The molecule has 1 N–H and O–H groups in total. The highest BCUT2D eigenvalue weighted by Gasteiger charge is 2.26. The van der Waals surface area contributed by atoms with Gasteiger partial charge in [0.2, 0.25) is 0 Å². The fourth-order valence-corrected chi connectivity index (χ4v) is 3.44. The fourth-order valence-electron chi connectivity index (χ4n) is 3.44. The summed E-state index contributed by atoms with van der Waals surface area (Å²) in [6.45, 7) is 5.48. The quantitative estimate of drug-likeness (QED) is 0.909. The molecule has 2 unspecified atom stereocenters. The van der Waals surface area contributed by atoms with Gasteiger partial charge in [0.05, 0.1) is 6.10 Å². The van der Waals surface area contributed by atoms with E-state index in [9.17, 15) is 5.11 Å². The van der Waals surface area contributed by atoms with E-state index in [1.165, 1.54) is 12.8 Å². The Morgan fingerprint density at radius 2 is 2.00 bits per heavy atom. The Kier molecular flexibility index (Phi) is 4.53. The van der Waals surface area contributed by atoms with Crippen molar-refractivity contribution in [3.63, 3.8) is 0 Å². The van der Waals surface area contributed by atoms with E-state index in [0.717, 1.165) is 51.4 Å². The maximum absolute atomic E-state index is 9.87. The summed E-state index contributed by atoms with van der Waals surface area (Å²) < 4.78 is 0.